The lowest BCUT2D eigenvalue weighted by molar-refractivity contribution is -0.532. The fourth-order valence-corrected chi connectivity index (χ4v) is 3.46. The quantitative estimate of drug-likeness (QED) is 0.807. The third-order valence-corrected chi connectivity index (χ3v) is 4.90. The normalized spacial score (nSPS) is 19.4. The number of hydrogen-bond acceptors (Lipinski definition) is 3. The Morgan fingerprint density at radius 1 is 1.10 bits per heavy atom. The highest BCUT2D eigenvalue weighted by molar-refractivity contribution is 5.96. The van der Waals surface area contributed by atoms with Gasteiger partial charge in [-0.05, 0) is 44.2 Å². The molecule has 3 rings (SSSR count). The van der Waals surface area contributed by atoms with E-state index < -0.39 is 0 Å². The fourth-order valence-electron chi connectivity index (χ4n) is 3.46. The minimum atomic E-state index is 0.0592. The molecule has 0 saturated carbocycles. The summed E-state index contributed by atoms with van der Waals surface area (Å²) in [5, 5.41) is 22.7. The van der Waals surface area contributed by atoms with Crippen LogP contribution in [0.25, 0.3) is 0 Å². The van der Waals surface area contributed by atoms with Crippen LogP contribution in [0.4, 0.5) is 5.69 Å². The van der Waals surface area contributed by atoms with E-state index in [0.29, 0.717) is 16.8 Å². The first-order valence-electron chi connectivity index (χ1n) is 7.98. The van der Waals surface area contributed by atoms with Gasteiger partial charge in [0.1, 0.15) is 11.4 Å². The third kappa shape index (κ3) is 2.47. The first kappa shape index (κ1) is 14.2. The lowest BCUT2D eigenvalue weighted by Crippen LogP contribution is -2.44. The first-order chi connectivity index (χ1) is 10.1. The number of phenols is 1. The molecule has 21 heavy (non-hydrogen) atoms. The van der Waals surface area contributed by atoms with E-state index >= 15 is 0 Å². The molecular weight excluding hydrogens is 264 g/mol. The molecule has 0 aromatic heterocycles. The van der Waals surface area contributed by atoms with Crippen molar-refractivity contribution >= 4 is 11.5 Å². The van der Waals surface area contributed by atoms with Crippen molar-refractivity contribution in [1.29, 1.82) is 0 Å². The summed E-state index contributed by atoms with van der Waals surface area (Å²) in [7, 11) is 0. The van der Waals surface area contributed by atoms with Crippen LogP contribution in [0.15, 0.2) is 6.07 Å². The number of aromatic hydroxyl groups is 1. The largest absolute Gasteiger partial charge is 0.869 e. The van der Waals surface area contributed by atoms with Crippen molar-refractivity contribution in [3.63, 3.8) is 0 Å². The van der Waals surface area contributed by atoms with E-state index in [0.717, 1.165) is 32.5 Å². The number of rotatable bonds is 1. The van der Waals surface area contributed by atoms with Crippen LogP contribution in [-0.2, 0) is 0 Å². The minimum Gasteiger partial charge on any atom is -0.869 e. The van der Waals surface area contributed by atoms with Crippen LogP contribution in [0, 0.1) is 13.8 Å². The molecule has 1 N–H and O–H groups in total. The molecule has 1 aromatic rings. The molecule has 0 spiro atoms. The van der Waals surface area contributed by atoms with Crippen molar-refractivity contribution in [2.24, 2.45) is 0 Å². The Kier molecular flexibility index (Phi) is 3.79. The van der Waals surface area contributed by atoms with Crippen LogP contribution >= 0.6 is 0 Å². The second kappa shape index (κ2) is 5.58. The molecule has 0 saturated heterocycles. The molecule has 2 aliphatic heterocycles. The molecule has 2 aliphatic rings. The molecule has 1 aromatic carbocycles. The lowest BCUT2D eigenvalue weighted by Gasteiger charge is -2.30. The summed E-state index contributed by atoms with van der Waals surface area (Å²) in [5.74, 6) is 1.57. The molecule has 4 heteroatoms. The Bertz CT molecular complexity index is 593. The molecule has 4 nitrogen and oxygen atoms in total. The minimum absolute atomic E-state index is 0.0592. The molecule has 0 fully saturated rings. The zero-order chi connectivity index (χ0) is 15.0. The number of benzene rings is 1. The summed E-state index contributed by atoms with van der Waals surface area (Å²) in [6.07, 6.45) is 5.78. The maximum Gasteiger partial charge on any atom is 0.251 e. The number of nitrogens with zero attached hydrogens (tertiary/aromatic N) is 2. The molecule has 0 amide bonds. The fraction of sp³-hybridized carbons (Fsp3) is 0.588. The number of hydrogen-bond donors (Lipinski definition) is 1. The van der Waals surface area contributed by atoms with E-state index in [4.69, 9.17) is 0 Å². The summed E-state index contributed by atoms with van der Waals surface area (Å²) in [4.78, 5) is 2.16. The summed E-state index contributed by atoms with van der Waals surface area (Å²) in [5.41, 5.74) is 2.01. The van der Waals surface area contributed by atoms with Gasteiger partial charge in [0.2, 0.25) is 0 Å². The number of anilines is 1. The van der Waals surface area contributed by atoms with Gasteiger partial charge < -0.3 is 10.2 Å². The highest BCUT2D eigenvalue weighted by Gasteiger charge is 2.31. The standard InChI is InChI=1S/C17H24N2O2/c1-12-13(2)17(21)14(11-15(12)20)19-10-6-9-18-8-5-3-4-7-16(18)19/h11H,3-10H2,1-2H3,(H-,20,21). The summed E-state index contributed by atoms with van der Waals surface area (Å²) < 4.78 is 2.43. The van der Waals surface area contributed by atoms with E-state index in [2.05, 4.69) is 9.48 Å². The zero-order valence-electron chi connectivity index (χ0n) is 13.0. The van der Waals surface area contributed by atoms with Gasteiger partial charge in [-0.1, -0.05) is 5.75 Å². The van der Waals surface area contributed by atoms with Crippen molar-refractivity contribution < 1.29 is 14.8 Å². The molecule has 2 heterocycles. The summed E-state index contributed by atoms with van der Waals surface area (Å²) >= 11 is 0. The topological polar surface area (TPSA) is 49.5 Å². The monoisotopic (exact) mass is 288 g/mol. The van der Waals surface area contributed by atoms with Crippen molar-refractivity contribution in [2.45, 2.75) is 46.0 Å². The van der Waals surface area contributed by atoms with Gasteiger partial charge in [-0.2, -0.15) is 0 Å². The van der Waals surface area contributed by atoms with Gasteiger partial charge in [0.15, 0.2) is 0 Å². The average Bonchev–Trinajstić information content (AvgIpc) is 2.74. The maximum absolute atomic E-state index is 12.6. The predicted octanol–water partition coefficient (Wildman–Crippen LogP) is 2.28. The van der Waals surface area contributed by atoms with E-state index in [-0.39, 0.29) is 11.5 Å². The van der Waals surface area contributed by atoms with Crippen LogP contribution in [-0.4, -0.2) is 35.2 Å². The van der Waals surface area contributed by atoms with Crippen LogP contribution in [0.5, 0.6) is 11.5 Å². The molecule has 0 aliphatic carbocycles. The molecule has 0 atom stereocenters. The van der Waals surface area contributed by atoms with Crippen molar-refractivity contribution in [3.05, 3.63) is 17.2 Å². The van der Waals surface area contributed by atoms with Crippen molar-refractivity contribution in [3.8, 4) is 11.5 Å². The lowest BCUT2D eigenvalue weighted by atomic mass is 10.0. The van der Waals surface area contributed by atoms with E-state index in [1.54, 1.807) is 19.9 Å². The van der Waals surface area contributed by atoms with E-state index in [1.165, 1.54) is 25.1 Å². The molecule has 114 valence electrons. The predicted molar refractivity (Wildman–Crippen MR) is 82.5 cm³/mol. The summed E-state index contributed by atoms with van der Waals surface area (Å²) in [6, 6.07) is 1.66. The van der Waals surface area contributed by atoms with Crippen LogP contribution in [0.1, 0.15) is 43.2 Å². The average molecular weight is 288 g/mol. The van der Waals surface area contributed by atoms with Gasteiger partial charge in [0, 0.05) is 18.9 Å². The molecule has 0 radical (unpaired) electrons. The van der Waals surface area contributed by atoms with Gasteiger partial charge in [-0.15, -0.1) is 0 Å². The van der Waals surface area contributed by atoms with E-state index in [9.17, 15) is 10.2 Å². The molecule has 0 unspecified atom stereocenters. The second-order valence-electron chi connectivity index (χ2n) is 6.21. The van der Waals surface area contributed by atoms with Gasteiger partial charge in [0.05, 0.1) is 19.6 Å². The highest BCUT2D eigenvalue weighted by Crippen LogP contribution is 2.37. The van der Waals surface area contributed by atoms with Crippen LogP contribution < -0.4 is 10.0 Å². The van der Waals surface area contributed by atoms with Gasteiger partial charge in [0.25, 0.3) is 5.84 Å². The maximum atomic E-state index is 12.6. The third-order valence-electron chi connectivity index (χ3n) is 4.90. The Morgan fingerprint density at radius 3 is 2.67 bits per heavy atom. The summed E-state index contributed by atoms with van der Waals surface area (Å²) in [6.45, 7) is 6.67. The highest BCUT2D eigenvalue weighted by atomic mass is 16.3. The van der Waals surface area contributed by atoms with Gasteiger partial charge >= 0.3 is 0 Å². The molecular formula is C17H24N2O2. The second-order valence-corrected chi connectivity index (χ2v) is 6.21. The van der Waals surface area contributed by atoms with Crippen LogP contribution in [0.2, 0.25) is 0 Å². The number of phenolic OH excluding ortho intramolecular Hbond substituents is 1. The Hall–Kier alpha value is -1.71. The van der Waals surface area contributed by atoms with E-state index in [1.807, 2.05) is 0 Å². The van der Waals surface area contributed by atoms with Crippen molar-refractivity contribution in [1.82, 2.24) is 0 Å². The zero-order valence-corrected chi connectivity index (χ0v) is 13.0. The molecule has 0 bridgehead atoms. The van der Waals surface area contributed by atoms with Gasteiger partial charge in [-0.3, -0.25) is 4.58 Å². The Labute approximate surface area is 126 Å². The van der Waals surface area contributed by atoms with Crippen molar-refractivity contribution in [2.75, 3.05) is 24.5 Å². The first-order valence-corrected chi connectivity index (χ1v) is 7.98. The smallest absolute Gasteiger partial charge is 0.251 e. The SMILES string of the molecule is Cc1c(O)cc(N2CCC[N+]3=C2CCCCC3)c([O-])c1C. The Morgan fingerprint density at radius 2 is 1.86 bits per heavy atom. The number of amidine groups is 1. The van der Waals surface area contributed by atoms with Gasteiger partial charge in [-0.25, -0.2) is 4.90 Å². The van der Waals surface area contributed by atoms with Crippen LogP contribution in [0.3, 0.4) is 0 Å². The Balaban J connectivity index is 2.07.